The minimum Gasteiger partial charge on any atom is -0.347 e. The van der Waals surface area contributed by atoms with Crippen molar-refractivity contribution in [3.05, 3.63) is 63.5 Å². The van der Waals surface area contributed by atoms with E-state index in [-0.39, 0.29) is 17.2 Å². The van der Waals surface area contributed by atoms with Crippen LogP contribution in [0.3, 0.4) is 0 Å². The number of aryl methyl sites for hydroxylation is 2. The Hall–Kier alpha value is -2.79. The summed E-state index contributed by atoms with van der Waals surface area (Å²) >= 11 is 1.44. The Morgan fingerprint density at radius 2 is 1.89 bits per heavy atom. The van der Waals surface area contributed by atoms with Gasteiger partial charge in [0.15, 0.2) is 0 Å². The minimum atomic E-state index is -2.42. The molecule has 8 nitrogen and oxygen atoms in total. The van der Waals surface area contributed by atoms with Crippen molar-refractivity contribution in [2.24, 2.45) is 7.05 Å². The van der Waals surface area contributed by atoms with E-state index < -0.39 is 10.6 Å². The minimum absolute atomic E-state index is 0.0801. The second-order valence-electron chi connectivity index (χ2n) is 11.2. The van der Waals surface area contributed by atoms with Gasteiger partial charge >= 0.3 is 0 Å². The molecule has 3 N–H and O–H groups in total. The molecule has 0 atom stereocenters. The van der Waals surface area contributed by atoms with Gasteiger partial charge in [-0.2, -0.15) is 10.6 Å². The molecule has 0 bridgehead atoms. The fourth-order valence-electron chi connectivity index (χ4n) is 5.03. The van der Waals surface area contributed by atoms with Crippen LogP contribution < -0.4 is 5.32 Å². The lowest BCUT2D eigenvalue weighted by molar-refractivity contribution is 0.0954. The SMILES string of the molecule is Cc1cc(-c2ncnc3cc(C4CCS(O)(O)CC4)n(C)c23)ccc1CNC(=O)c1cnc(C(C)(C)C)s1. The van der Waals surface area contributed by atoms with Crippen molar-refractivity contribution in [3.8, 4) is 11.3 Å². The molecule has 1 aliphatic rings. The second-order valence-corrected chi connectivity index (χ2v) is 14.6. The van der Waals surface area contributed by atoms with Gasteiger partial charge in [0.25, 0.3) is 5.91 Å². The summed E-state index contributed by atoms with van der Waals surface area (Å²) in [6.07, 6.45) is 4.77. The van der Waals surface area contributed by atoms with Crippen molar-refractivity contribution < 1.29 is 13.9 Å². The number of fused-ring (bicyclic) bond motifs is 1. The third-order valence-electron chi connectivity index (χ3n) is 7.29. The Bertz CT molecular complexity index is 1490. The van der Waals surface area contributed by atoms with E-state index >= 15 is 0 Å². The zero-order valence-corrected chi connectivity index (χ0v) is 24.1. The lowest BCUT2D eigenvalue weighted by atomic mass is 9.98. The number of hydrogen-bond acceptors (Lipinski definition) is 7. The van der Waals surface area contributed by atoms with Crippen LogP contribution in [0, 0.1) is 6.92 Å². The van der Waals surface area contributed by atoms with Gasteiger partial charge < -0.3 is 9.88 Å². The average molecular weight is 554 g/mol. The maximum Gasteiger partial charge on any atom is 0.263 e. The van der Waals surface area contributed by atoms with Crippen molar-refractivity contribution in [2.75, 3.05) is 11.5 Å². The summed E-state index contributed by atoms with van der Waals surface area (Å²) in [5, 5.41) is 3.98. The standard InChI is InChI=1S/C28H35N5O3S2/c1-17-12-19(6-7-20(17)14-29-26(34)23-15-30-27(37-23)28(2,3)4)24-25-21(31-16-32-24)13-22(33(25)5)18-8-10-38(35,36)11-9-18/h6-7,12-13,15-16,18,35-36H,8-11,14H2,1-5H3,(H,29,34). The van der Waals surface area contributed by atoms with Crippen molar-refractivity contribution in [3.63, 3.8) is 0 Å². The fourth-order valence-corrected chi connectivity index (χ4v) is 7.45. The first-order chi connectivity index (χ1) is 17.9. The van der Waals surface area contributed by atoms with Gasteiger partial charge in [-0.1, -0.05) is 32.9 Å². The summed E-state index contributed by atoms with van der Waals surface area (Å²) < 4.78 is 22.2. The number of carbonyl (C=O) groups is 1. The third kappa shape index (κ3) is 5.36. The number of rotatable bonds is 5. The van der Waals surface area contributed by atoms with Crippen molar-refractivity contribution in [1.82, 2.24) is 24.8 Å². The van der Waals surface area contributed by atoms with E-state index in [1.54, 1.807) is 12.5 Å². The highest BCUT2D eigenvalue weighted by atomic mass is 32.3. The molecule has 4 aromatic rings. The molecule has 38 heavy (non-hydrogen) atoms. The summed E-state index contributed by atoms with van der Waals surface area (Å²) in [7, 11) is -0.384. The van der Waals surface area contributed by atoms with Gasteiger partial charge in [-0.05, 0) is 43.0 Å². The maximum absolute atomic E-state index is 12.7. The van der Waals surface area contributed by atoms with Crippen LogP contribution in [0.25, 0.3) is 22.3 Å². The molecule has 10 heteroatoms. The normalized spacial score (nSPS) is 17.0. The van der Waals surface area contributed by atoms with E-state index in [0.29, 0.717) is 22.9 Å². The lowest BCUT2D eigenvalue weighted by Crippen LogP contribution is -2.22. The van der Waals surface area contributed by atoms with Crippen molar-refractivity contribution >= 4 is 38.9 Å². The largest absolute Gasteiger partial charge is 0.347 e. The number of amides is 1. The zero-order valence-electron chi connectivity index (χ0n) is 22.5. The number of aromatic nitrogens is 4. The van der Waals surface area contributed by atoms with E-state index in [0.717, 1.165) is 57.0 Å². The predicted molar refractivity (Wildman–Crippen MR) is 155 cm³/mol. The first-order valence-electron chi connectivity index (χ1n) is 12.8. The van der Waals surface area contributed by atoms with Crippen molar-refractivity contribution in [1.29, 1.82) is 0 Å². The maximum atomic E-state index is 12.7. The van der Waals surface area contributed by atoms with Crippen LogP contribution in [0.15, 0.2) is 36.8 Å². The van der Waals surface area contributed by atoms with Gasteiger partial charge in [0.2, 0.25) is 0 Å². The number of thiazole rings is 1. The Kier molecular flexibility index (Phi) is 7.10. The first kappa shape index (κ1) is 26.8. The van der Waals surface area contributed by atoms with Gasteiger partial charge in [-0.3, -0.25) is 13.9 Å². The van der Waals surface area contributed by atoms with E-state index in [9.17, 15) is 13.9 Å². The lowest BCUT2D eigenvalue weighted by Gasteiger charge is -2.39. The Morgan fingerprint density at radius 1 is 1.16 bits per heavy atom. The Labute approximate surface area is 228 Å². The smallest absolute Gasteiger partial charge is 0.263 e. The van der Waals surface area contributed by atoms with E-state index in [2.05, 4.69) is 57.7 Å². The number of hydrogen-bond donors (Lipinski definition) is 3. The molecule has 1 aromatic carbocycles. The molecule has 0 radical (unpaired) electrons. The summed E-state index contributed by atoms with van der Waals surface area (Å²) in [4.78, 5) is 26.9. The molecule has 0 spiro atoms. The number of nitrogens with one attached hydrogen (secondary N) is 1. The number of carbonyl (C=O) groups excluding carboxylic acids is 1. The molecule has 3 aromatic heterocycles. The summed E-state index contributed by atoms with van der Waals surface area (Å²) in [6.45, 7) is 8.75. The fraction of sp³-hybridized carbons (Fsp3) is 0.429. The van der Waals surface area contributed by atoms with Crippen LogP contribution in [-0.2, 0) is 19.0 Å². The first-order valence-corrected chi connectivity index (χ1v) is 15.5. The molecule has 1 aliphatic heterocycles. The molecule has 0 aliphatic carbocycles. The van der Waals surface area contributed by atoms with Crippen LogP contribution in [0.5, 0.6) is 0 Å². The molecule has 4 heterocycles. The van der Waals surface area contributed by atoms with Gasteiger partial charge in [-0.15, -0.1) is 11.3 Å². The third-order valence-corrected chi connectivity index (χ3v) is 10.5. The number of benzene rings is 1. The van der Waals surface area contributed by atoms with Gasteiger partial charge in [0, 0.05) is 47.7 Å². The van der Waals surface area contributed by atoms with Crippen LogP contribution in [0.4, 0.5) is 0 Å². The molecule has 202 valence electrons. The van der Waals surface area contributed by atoms with Crippen molar-refractivity contribution in [2.45, 2.75) is 58.4 Å². The molecular weight excluding hydrogens is 518 g/mol. The van der Waals surface area contributed by atoms with E-state index in [4.69, 9.17) is 0 Å². The predicted octanol–water partition coefficient (Wildman–Crippen LogP) is 6.26. The van der Waals surface area contributed by atoms with Crippen LogP contribution in [0.1, 0.15) is 71.0 Å². The summed E-state index contributed by atoms with van der Waals surface area (Å²) in [5.74, 6) is 1.07. The summed E-state index contributed by atoms with van der Waals surface area (Å²) in [5.41, 5.74) is 6.91. The topological polar surface area (TPSA) is 113 Å². The van der Waals surface area contributed by atoms with Crippen LogP contribution >= 0.6 is 21.9 Å². The second kappa shape index (κ2) is 10.1. The molecule has 0 unspecified atom stereocenters. The Balaban J connectivity index is 1.35. The van der Waals surface area contributed by atoms with E-state index in [1.165, 1.54) is 11.3 Å². The molecule has 5 rings (SSSR count). The van der Waals surface area contributed by atoms with Gasteiger partial charge in [-0.25, -0.2) is 15.0 Å². The number of nitrogens with zero attached hydrogens (tertiary/aromatic N) is 4. The molecule has 1 amide bonds. The van der Waals surface area contributed by atoms with Crippen LogP contribution in [0.2, 0.25) is 0 Å². The highest BCUT2D eigenvalue weighted by Crippen LogP contribution is 2.48. The molecule has 1 fully saturated rings. The molecule has 0 saturated carbocycles. The highest BCUT2D eigenvalue weighted by Gasteiger charge is 2.28. The quantitative estimate of drug-likeness (QED) is 0.269. The van der Waals surface area contributed by atoms with Gasteiger partial charge in [0.05, 0.1) is 27.9 Å². The Morgan fingerprint density at radius 3 is 2.55 bits per heavy atom. The summed E-state index contributed by atoms with van der Waals surface area (Å²) in [6, 6.07) is 8.31. The van der Waals surface area contributed by atoms with E-state index in [1.807, 2.05) is 26.1 Å². The van der Waals surface area contributed by atoms with Crippen LogP contribution in [-0.4, -0.2) is 46.0 Å². The zero-order chi connectivity index (χ0) is 27.2. The monoisotopic (exact) mass is 553 g/mol. The van der Waals surface area contributed by atoms with Gasteiger partial charge in [0.1, 0.15) is 11.2 Å². The highest BCUT2D eigenvalue weighted by molar-refractivity contribution is 8.24. The molecule has 1 saturated heterocycles. The molecular formula is C28H35N5O3S2. The average Bonchev–Trinajstić information content (AvgIpc) is 3.49.